The third-order valence-corrected chi connectivity index (χ3v) is 11.3. The minimum Gasteiger partial charge on any atom is -0.494 e. The van der Waals surface area contributed by atoms with Crippen LogP contribution in [0.1, 0.15) is 11.1 Å². The van der Waals surface area contributed by atoms with Crippen LogP contribution in [-0.2, 0) is 6.42 Å². The lowest BCUT2D eigenvalue weighted by Crippen LogP contribution is -2.38. The largest absolute Gasteiger partial charge is 0.494 e. The maximum atomic E-state index is 11.2. The number of aromatic amines is 2. The average molecular weight is 686 g/mol. The van der Waals surface area contributed by atoms with E-state index in [-0.39, 0.29) is 53.9 Å². The van der Waals surface area contributed by atoms with E-state index < -0.39 is 0 Å². The standard InChI is InChI=1S/C41H35N9O2/c51-40-28-17-7-8-18-29(28)41(52)50(40)20-21-10-9-19-30-31(21)39-48-37-27-16-6-5-15-26(27)35(46-37)44-33-23-12-2-1-11-22(23)32(42-33)43-34-24-13-3-4-14-25(24)36(45-34)47-38(30)49-39/h1-18,20,24-27,34-36,42-45,51-52H,19H2,(H,46,47,48,49). The van der Waals surface area contributed by atoms with Crippen molar-refractivity contribution >= 4 is 50.8 Å². The van der Waals surface area contributed by atoms with E-state index in [0.29, 0.717) is 28.5 Å². The summed E-state index contributed by atoms with van der Waals surface area (Å²) < 4.78 is 1.44. The minimum absolute atomic E-state index is 0.0293. The summed E-state index contributed by atoms with van der Waals surface area (Å²) in [7, 11) is 0. The molecule has 2 aromatic carbocycles. The van der Waals surface area contributed by atoms with Crippen molar-refractivity contribution in [2.45, 2.75) is 24.9 Å². The number of aromatic nitrogens is 3. The molecule has 256 valence electrons. The Bertz CT molecular complexity index is 2640. The Kier molecular flexibility index (Phi) is 6.27. The zero-order valence-corrected chi connectivity index (χ0v) is 27.9. The molecule has 52 heavy (non-hydrogen) atoms. The molecule has 6 heterocycles. The Morgan fingerprint density at radius 3 is 2.13 bits per heavy atom. The highest BCUT2D eigenvalue weighted by atomic mass is 16.3. The van der Waals surface area contributed by atoms with Gasteiger partial charge in [-0.3, -0.25) is 9.88 Å². The predicted molar refractivity (Wildman–Crippen MR) is 203 cm³/mol. The number of hydrogen-bond donors (Lipinski definition) is 7. The van der Waals surface area contributed by atoms with Crippen molar-refractivity contribution in [1.29, 1.82) is 0 Å². The quantitative estimate of drug-likeness (QED) is 0.125. The van der Waals surface area contributed by atoms with Gasteiger partial charge in [-0.15, -0.1) is 0 Å². The number of fused-ring (bicyclic) bond motifs is 20. The van der Waals surface area contributed by atoms with Gasteiger partial charge in [0, 0.05) is 68.1 Å². The monoisotopic (exact) mass is 685 g/mol. The summed E-state index contributed by atoms with van der Waals surface area (Å²) in [5.41, 5.74) is 4.05. The van der Waals surface area contributed by atoms with E-state index in [9.17, 15) is 10.2 Å². The second-order valence-corrected chi connectivity index (χ2v) is 14.2. The first kappa shape index (κ1) is 29.4. The maximum absolute atomic E-state index is 11.2. The van der Waals surface area contributed by atoms with E-state index in [1.807, 2.05) is 18.2 Å². The third-order valence-electron chi connectivity index (χ3n) is 11.3. The Hall–Kier alpha value is -6.33. The molecule has 1 fully saturated rings. The molecule has 1 saturated heterocycles. The highest BCUT2D eigenvalue weighted by molar-refractivity contribution is 6.02. The van der Waals surface area contributed by atoms with E-state index in [0.717, 1.165) is 44.6 Å². The van der Waals surface area contributed by atoms with Gasteiger partial charge in [0.05, 0.1) is 6.17 Å². The molecule has 0 saturated carbocycles. The first-order valence-corrected chi connectivity index (χ1v) is 17.8. The number of aliphatic imine (C=N–C) groups is 1. The fraction of sp³-hybridized carbons (Fsp3) is 0.195. The predicted octanol–water partition coefficient (Wildman–Crippen LogP) is 5.46. The Labute approximate surface area is 297 Å². The number of nitrogens with one attached hydrogen (secondary N) is 5. The van der Waals surface area contributed by atoms with Crippen molar-refractivity contribution in [2.24, 2.45) is 38.6 Å². The van der Waals surface area contributed by atoms with Gasteiger partial charge in [0.15, 0.2) is 0 Å². The molecule has 6 aliphatic rings. The van der Waals surface area contributed by atoms with Crippen molar-refractivity contribution < 1.29 is 10.2 Å². The summed E-state index contributed by atoms with van der Waals surface area (Å²) in [4.78, 5) is 23.3. The summed E-state index contributed by atoms with van der Waals surface area (Å²) in [6.07, 6.45) is 23.2. The summed E-state index contributed by atoms with van der Waals surface area (Å²) in [6.45, 7) is 0. The first-order chi connectivity index (χ1) is 25.6. The minimum atomic E-state index is -0.261. The van der Waals surface area contributed by atoms with Gasteiger partial charge in [0.25, 0.3) is 0 Å². The van der Waals surface area contributed by atoms with Crippen LogP contribution >= 0.6 is 0 Å². The third kappa shape index (κ3) is 4.32. The van der Waals surface area contributed by atoms with E-state index >= 15 is 0 Å². The lowest BCUT2D eigenvalue weighted by Gasteiger charge is -2.23. The number of H-pyrrole nitrogens is 2. The summed E-state index contributed by atoms with van der Waals surface area (Å²) in [6, 6.07) is 15.7. The van der Waals surface area contributed by atoms with Gasteiger partial charge < -0.3 is 30.8 Å². The van der Waals surface area contributed by atoms with Crippen LogP contribution < -0.4 is 26.9 Å². The highest BCUT2D eigenvalue weighted by Crippen LogP contribution is 2.40. The number of benzene rings is 2. The maximum Gasteiger partial charge on any atom is 0.206 e. The molecule has 5 aromatic rings. The topological polar surface area (TPSA) is 150 Å². The smallest absolute Gasteiger partial charge is 0.206 e. The van der Waals surface area contributed by atoms with Crippen LogP contribution in [0, 0.1) is 23.7 Å². The number of aromatic hydroxyl groups is 2. The molecule has 7 unspecified atom stereocenters. The van der Waals surface area contributed by atoms with Gasteiger partial charge >= 0.3 is 0 Å². The van der Waals surface area contributed by atoms with Crippen molar-refractivity contribution in [1.82, 2.24) is 19.9 Å². The van der Waals surface area contributed by atoms with Crippen molar-refractivity contribution in [3.8, 4) is 11.8 Å². The number of amidine groups is 1. The van der Waals surface area contributed by atoms with Gasteiger partial charge in [0.2, 0.25) is 11.8 Å². The van der Waals surface area contributed by atoms with E-state index in [4.69, 9.17) is 15.0 Å². The molecule has 0 amide bonds. The number of nitrogens with zero attached hydrogens (tertiary/aromatic N) is 4. The molecule has 3 aromatic heterocycles. The Balaban J connectivity index is 1.14. The molecule has 0 spiro atoms. The lowest BCUT2D eigenvalue weighted by molar-refractivity contribution is 0.412. The van der Waals surface area contributed by atoms with Gasteiger partial charge in [-0.25, -0.2) is 15.0 Å². The van der Waals surface area contributed by atoms with Crippen LogP contribution in [0.3, 0.4) is 0 Å². The van der Waals surface area contributed by atoms with Crippen LogP contribution in [0.4, 0.5) is 11.6 Å². The van der Waals surface area contributed by atoms with E-state index in [1.54, 1.807) is 18.3 Å². The molecule has 11 nitrogen and oxygen atoms in total. The van der Waals surface area contributed by atoms with Crippen molar-refractivity contribution in [3.63, 3.8) is 0 Å². The normalized spacial score (nSPS) is 28.6. The number of hydrogen-bond acceptors (Lipinski definition) is 8. The average Bonchev–Trinajstić information content (AvgIpc) is 3.96. The summed E-state index contributed by atoms with van der Waals surface area (Å²) >= 11 is 0. The fourth-order valence-electron chi connectivity index (χ4n) is 8.86. The lowest BCUT2D eigenvalue weighted by atomic mass is 9.88. The van der Waals surface area contributed by atoms with E-state index in [2.05, 4.69) is 105 Å². The summed E-state index contributed by atoms with van der Waals surface area (Å²) in [5, 5.41) is 37.2. The van der Waals surface area contributed by atoms with Gasteiger partial charge in [0.1, 0.15) is 40.8 Å². The van der Waals surface area contributed by atoms with Gasteiger partial charge in [-0.2, -0.15) is 0 Å². The molecule has 7 N–H and O–H groups in total. The molecular weight excluding hydrogens is 651 g/mol. The number of anilines is 2. The summed E-state index contributed by atoms with van der Waals surface area (Å²) in [5.74, 6) is 2.80. The Morgan fingerprint density at radius 2 is 1.37 bits per heavy atom. The zero-order chi connectivity index (χ0) is 34.5. The van der Waals surface area contributed by atoms with Crippen LogP contribution in [0.25, 0.3) is 33.3 Å². The van der Waals surface area contributed by atoms with Crippen LogP contribution in [0.5, 0.6) is 11.8 Å². The second-order valence-electron chi connectivity index (χ2n) is 14.2. The zero-order valence-electron chi connectivity index (χ0n) is 27.9. The molecule has 3 aliphatic carbocycles. The molecule has 3 aliphatic heterocycles. The highest BCUT2D eigenvalue weighted by Gasteiger charge is 2.42. The molecule has 8 bridgehead atoms. The molecule has 11 rings (SSSR count). The second kappa shape index (κ2) is 11.1. The van der Waals surface area contributed by atoms with Crippen LogP contribution in [0.15, 0.2) is 124 Å². The van der Waals surface area contributed by atoms with Crippen LogP contribution in [0.2, 0.25) is 0 Å². The van der Waals surface area contributed by atoms with Crippen molar-refractivity contribution in [2.75, 3.05) is 10.6 Å². The molecular formula is C41H35N9O2. The van der Waals surface area contributed by atoms with Crippen molar-refractivity contribution in [3.05, 3.63) is 131 Å². The molecule has 7 atom stereocenters. The first-order valence-electron chi connectivity index (χ1n) is 17.8. The van der Waals surface area contributed by atoms with Gasteiger partial charge in [-0.05, 0) is 18.6 Å². The number of allylic oxidation sites excluding steroid dienone is 7. The van der Waals surface area contributed by atoms with E-state index in [1.165, 1.54) is 4.57 Å². The fourth-order valence-corrected chi connectivity index (χ4v) is 8.86. The van der Waals surface area contributed by atoms with Crippen LogP contribution in [-0.4, -0.2) is 49.1 Å². The number of rotatable bonds is 1. The molecule has 11 heteroatoms. The Morgan fingerprint density at radius 1 is 0.692 bits per heavy atom. The molecule has 0 radical (unpaired) electrons. The SMILES string of the molecule is Oc1c2ccccc2c(O)n1C=C1C=CCc2c1c1[nH]c2=NC2NC(Nc3[nH]c(c4ccccc34)NC3N=C(N=1)C1C=CC=CC31)C1C=CC=CC21. The van der Waals surface area contributed by atoms with Gasteiger partial charge in [-0.1, -0.05) is 97.2 Å².